The SMILES string of the molecule is CC(=O)c1cccc(NC(=O)N[C@@H]2CCC[C@H]2N2CCC(Cc3ccc(Cl)cc3)CC2)c1. The summed E-state index contributed by atoms with van der Waals surface area (Å²) in [6.07, 6.45) is 6.77. The van der Waals surface area contributed by atoms with Crippen molar-refractivity contribution in [2.75, 3.05) is 18.4 Å². The number of rotatable bonds is 6. The molecule has 1 heterocycles. The number of likely N-dealkylation sites (tertiary alicyclic amines) is 1. The molecule has 6 heteroatoms. The molecule has 0 aromatic heterocycles. The normalized spacial score (nSPS) is 21.9. The molecule has 0 spiro atoms. The monoisotopic (exact) mass is 453 g/mol. The molecular weight excluding hydrogens is 422 g/mol. The Kier molecular flexibility index (Phi) is 7.48. The molecule has 1 aliphatic carbocycles. The van der Waals surface area contributed by atoms with Crippen molar-refractivity contribution < 1.29 is 9.59 Å². The topological polar surface area (TPSA) is 61.4 Å². The van der Waals surface area contributed by atoms with Crippen LogP contribution in [-0.2, 0) is 6.42 Å². The Hall–Kier alpha value is -2.37. The van der Waals surface area contributed by atoms with Crippen LogP contribution in [-0.4, -0.2) is 41.9 Å². The first-order valence-corrected chi connectivity index (χ1v) is 12.0. The Balaban J connectivity index is 1.27. The fourth-order valence-electron chi connectivity index (χ4n) is 5.14. The molecule has 4 rings (SSSR count). The first kappa shape index (κ1) is 22.8. The van der Waals surface area contributed by atoms with Gasteiger partial charge in [0.25, 0.3) is 0 Å². The second kappa shape index (κ2) is 10.5. The van der Waals surface area contributed by atoms with Crippen LogP contribution in [0, 0.1) is 5.92 Å². The molecule has 2 aromatic carbocycles. The number of halogens is 1. The highest BCUT2D eigenvalue weighted by molar-refractivity contribution is 6.30. The summed E-state index contributed by atoms with van der Waals surface area (Å²) in [5, 5.41) is 6.88. The number of anilines is 1. The second-order valence-corrected chi connectivity index (χ2v) is 9.59. The highest BCUT2D eigenvalue weighted by Crippen LogP contribution is 2.30. The molecule has 0 radical (unpaired) electrons. The lowest BCUT2D eigenvalue weighted by molar-refractivity contribution is 0.101. The third-order valence-electron chi connectivity index (χ3n) is 6.88. The predicted molar refractivity (Wildman–Crippen MR) is 129 cm³/mol. The van der Waals surface area contributed by atoms with E-state index < -0.39 is 0 Å². The second-order valence-electron chi connectivity index (χ2n) is 9.15. The van der Waals surface area contributed by atoms with Gasteiger partial charge in [-0.05, 0) is 94.3 Å². The molecule has 2 fully saturated rings. The van der Waals surface area contributed by atoms with E-state index in [9.17, 15) is 9.59 Å². The lowest BCUT2D eigenvalue weighted by Crippen LogP contribution is -2.52. The lowest BCUT2D eigenvalue weighted by Gasteiger charge is -2.38. The van der Waals surface area contributed by atoms with Crippen molar-refractivity contribution in [3.05, 3.63) is 64.7 Å². The van der Waals surface area contributed by atoms with E-state index in [0.717, 1.165) is 43.8 Å². The smallest absolute Gasteiger partial charge is 0.319 e. The predicted octanol–water partition coefficient (Wildman–Crippen LogP) is 5.54. The van der Waals surface area contributed by atoms with E-state index in [1.807, 2.05) is 18.2 Å². The van der Waals surface area contributed by atoms with Crippen LogP contribution in [0.25, 0.3) is 0 Å². The Morgan fingerprint density at radius 2 is 1.78 bits per heavy atom. The van der Waals surface area contributed by atoms with Crippen molar-refractivity contribution in [1.29, 1.82) is 0 Å². The minimum atomic E-state index is -0.194. The zero-order chi connectivity index (χ0) is 22.5. The highest BCUT2D eigenvalue weighted by Gasteiger charge is 2.35. The average molecular weight is 454 g/mol. The largest absolute Gasteiger partial charge is 0.334 e. The van der Waals surface area contributed by atoms with E-state index in [1.54, 1.807) is 18.2 Å². The number of hydrogen-bond donors (Lipinski definition) is 2. The van der Waals surface area contributed by atoms with Gasteiger partial charge in [0.05, 0.1) is 0 Å². The summed E-state index contributed by atoms with van der Waals surface area (Å²) in [4.78, 5) is 26.8. The van der Waals surface area contributed by atoms with Crippen LogP contribution in [0.1, 0.15) is 54.9 Å². The Morgan fingerprint density at radius 1 is 1.03 bits per heavy atom. The maximum Gasteiger partial charge on any atom is 0.319 e. The number of piperidine rings is 1. The first-order chi connectivity index (χ1) is 15.5. The van der Waals surface area contributed by atoms with Crippen LogP contribution in [0.4, 0.5) is 10.5 Å². The Labute approximate surface area is 195 Å². The van der Waals surface area contributed by atoms with Crippen LogP contribution in [0.15, 0.2) is 48.5 Å². The summed E-state index contributed by atoms with van der Waals surface area (Å²) < 4.78 is 0. The van der Waals surface area contributed by atoms with E-state index >= 15 is 0 Å². The number of nitrogens with one attached hydrogen (secondary N) is 2. The number of benzene rings is 2. The maximum absolute atomic E-state index is 12.6. The van der Waals surface area contributed by atoms with Crippen LogP contribution < -0.4 is 10.6 Å². The Bertz CT molecular complexity index is 938. The van der Waals surface area contributed by atoms with Crippen molar-refractivity contribution in [2.45, 2.75) is 57.5 Å². The molecule has 0 unspecified atom stereocenters. The van der Waals surface area contributed by atoms with Gasteiger partial charge in [-0.1, -0.05) is 35.9 Å². The number of Topliss-reactive ketones (excluding diaryl/α,β-unsaturated/α-hetero) is 1. The molecule has 0 bridgehead atoms. The third-order valence-corrected chi connectivity index (χ3v) is 7.13. The summed E-state index contributed by atoms with van der Waals surface area (Å²) in [6.45, 7) is 3.70. The van der Waals surface area contributed by atoms with Crippen molar-refractivity contribution in [2.24, 2.45) is 5.92 Å². The van der Waals surface area contributed by atoms with E-state index in [2.05, 4.69) is 27.7 Å². The van der Waals surface area contributed by atoms with E-state index in [0.29, 0.717) is 23.2 Å². The van der Waals surface area contributed by atoms with Crippen LogP contribution in [0.5, 0.6) is 0 Å². The maximum atomic E-state index is 12.6. The van der Waals surface area contributed by atoms with Gasteiger partial charge in [-0.25, -0.2) is 4.79 Å². The number of carbonyl (C=O) groups is 2. The zero-order valence-corrected chi connectivity index (χ0v) is 19.4. The minimum Gasteiger partial charge on any atom is -0.334 e. The zero-order valence-electron chi connectivity index (χ0n) is 18.6. The molecule has 5 nitrogen and oxygen atoms in total. The van der Waals surface area contributed by atoms with Gasteiger partial charge in [0.2, 0.25) is 0 Å². The van der Waals surface area contributed by atoms with Crippen molar-refractivity contribution in [1.82, 2.24) is 10.2 Å². The molecule has 170 valence electrons. The van der Waals surface area contributed by atoms with Crippen molar-refractivity contribution >= 4 is 29.1 Å². The number of amides is 2. The molecule has 1 saturated heterocycles. The molecule has 1 aliphatic heterocycles. The molecular formula is C26H32ClN3O2. The number of carbonyl (C=O) groups excluding carboxylic acids is 2. The number of nitrogens with zero attached hydrogens (tertiary/aromatic N) is 1. The highest BCUT2D eigenvalue weighted by atomic mass is 35.5. The Morgan fingerprint density at radius 3 is 2.50 bits per heavy atom. The summed E-state index contributed by atoms with van der Waals surface area (Å²) >= 11 is 6.01. The number of ketones is 1. The van der Waals surface area contributed by atoms with Gasteiger partial charge < -0.3 is 10.6 Å². The van der Waals surface area contributed by atoms with Crippen molar-refractivity contribution in [3.8, 4) is 0 Å². The number of hydrogen-bond acceptors (Lipinski definition) is 3. The number of urea groups is 1. The third kappa shape index (κ3) is 5.90. The molecule has 2 amide bonds. The quantitative estimate of drug-likeness (QED) is 0.564. The van der Waals surface area contributed by atoms with Gasteiger partial charge in [0.1, 0.15) is 0 Å². The fourth-order valence-corrected chi connectivity index (χ4v) is 5.27. The van der Waals surface area contributed by atoms with E-state index in [-0.39, 0.29) is 17.9 Å². The summed E-state index contributed by atoms with van der Waals surface area (Å²) in [5.41, 5.74) is 2.61. The van der Waals surface area contributed by atoms with Gasteiger partial charge in [0.15, 0.2) is 5.78 Å². The first-order valence-electron chi connectivity index (χ1n) is 11.6. The molecule has 32 heavy (non-hydrogen) atoms. The van der Waals surface area contributed by atoms with Crippen LogP contribution in [0.3, 0.4) is 0 Å². The minimum absolute atomic E-state index is 0.00983. The van der Waals surface area contributed by atoms with Gasteiger partial charge in [0, 0.05) is 28.4 Å². The summed E-state index contributed by atoms with van der Waals surface area (Å²) in [6, 6.07) is 15.7. The van der Waals surface area contributed by atoms with Gasteiger partial charge >= 0.3 is 6.03 Å². The average Bonchev–Trinajstić information content (AvgIpc) is 3.24. The molecule has 1 saturated carbocycles. The van der Waals surface area contributed by atoms with Gasteiger partial charge in [-0.3, -0.25) is 9.69 Å². The van der Waals surface area contributed by atoms with Crippen molar-refractivity contribution in [3.63, 3.8) is 0 Å². The molecule has 2 N–H and O–H groups in total. The van der Waals surface area contributed by atoms with E-state index in [4.69, 9.17) is 11.6 Å². The van der Waals surface area contributed by atoms with E-state index in [1.165, 1.54) is 25.3 Å². The molecule has 2 aliphatic rings. The van der Waals surface area contributed by atoms with Crippen LogP contribution >= 0.6 is 11.6 Å². The molecule has 2 atom stereocenters. The summed E-state index contributed by atoms with van der Waals surface area (Å²) in [7, 11) is 0. The lowest BCUT2D eigenvalue weighted by atomic mass is 9.89. The standard InChI is InChI=1S/C26H32ClN3O2/c1-18(31)21-4-2-5-23(17-21)28-26(32)29-24-6-3-7-25(24)30-14-12-20(13-15-30)16-19-8-10-22(27)11-9-19/h2,4-5,8-11,17,20,24-25H,3,6-7,12-16H2,1H3,(H2,28,29,32)/t24-,25-/m1/s1. The van der Waals surface area contributed by atoms with Gasteiger partial charge in [-0.2, -0.15) is 0 Å². The molecule has 2 aromatic rings. The fraction of sp³-hybridized carbons (Fsp3) is 0.462. The van der Waals surface area contributed by atoms with Crippen LogP contribution in [0.2, 0.25) is 5.02 Å². The summed E-state index contributed by atoms with van der Waals surface area (Å²) in [5.74, 6) is 0.696. The van der Waals surface area contributed by atoms with Gasteiger partial charge in [-0.15, -0.1) is 0 Å².